The van der Waals surface area contributed by atoms with Gasteiger partial charge in [0, 0.05) is 18.7 Å². The number of aliphatic hydroxyl groups excluding tert-OH is 1. The second kappa shape index (κ2) is 6.95. The van der Waals surface area contributed by atoms with Crippen LogP contribution in [0.3, 0.4) is 0 Å². The Balaban J connectivity index is 2.21. The summed E-state index contributed by atoms with van der Waals surface area (Å²) < 4.78 is 13.8. The SMILES string of the molecule is CCc1nn(C)c(COc2cc(OC)ccc2CO)c1Br. The fraction of sp³-hybridized carbons (Fsp3) is 0.400. The average molecular weight is 355 g/mol. The summed E-state index contributed by atoms with van der Waals surface area (Å²) in [6.45, 7) is 2.35. The number of methoxy groups -OCH3 is 1. The minimum Gasteiger partial charge on any atom is -0.497 e. The van der Waals surface area contributed by atoms with E-state index in [1.165, 1.54) is 0 Å². The molecule has 0 fully saturated rings. The van der Waals surface area contributed by atoms with Crippen LogP contribution in [-0.2, 0) is 26.7 Å². The lowest BCUT2D eigenvalue weighted by Crippen LogP contribution is -2.05. The number of halogens is 1. The molecule has 1 aromatic carbocycles. The normalized spacial score (nSPS) is 10.7. The molecule has 0 bridgehead atoms. The highest BCUT2D eigenvalue weighted by Gasteiger charge is 2.14. The van der Waals surface area contributed by atoms with Gasteiger partial charge in [0.2, 0.25) is 0 Å². The van der Waals surface area contributed by atoms with Crippen molar-refractivity contribution in [3.05, 3.63) is 39.6 Å². The Hall–Kier alpha value is -1.53. The standard InChI is InChI=1S/C15H19BrN2O3/c1-4-12-15(16)13(18(2)17-12)9-21-14-7-11(20-3)6-5-10(14)8-19/h5-7,19H,4,8-9H2,1-3H3. The second-order valence-electron chi connectivity index (χ2n) is 4.60. The van der Waals surface area contributed by atoms with Gasteiger partial charge in [-0.2, -0.15) is 5.10 Å². The Bertz CT molecular complexity index is 626. The van der Waals surface area contributed by atoms with Crippen LogP contribution in [0, 0.1) is 0 Å². The van der Waals surface area contributed by atoms with Crippen molar-refractivity contribution in [3.63, 3.8) is 0 Å². The number of hydrogen-bond acceptors (Lipinski definition) is 4. The van der Waals surface area contributed by atoms with Gasteiger partial charge in [0.15, 0.2) is 0 Å². The molecule has 1 aromatic heterocycles. The highest BCUT2D eigenvalue weighted by Crippen LogP contribution is 2.27. The Kier molecular flexibility index (Phi) is 5.25. The minimum absolute atomic E-state index is 0.0773. The van der Waals surface area contributed by atoms with Crippen LogP contribution in [0.5, 0.6) is 11.5 Å². The van der Waals surface area contributed by atoms with Crippen molar-refractivity contribution >= 4 is 15.9 Å². The van der Waals surface area contributed by atoms with E-state index in [4.69, 9.17) is 9.47 Å². The van der Waals surface area contributed by atoms with E-state index < -0.39 is 0 Å². The molecular weight excluding hydrogens is 336 g/mol. The highest BCUT2D eigenvalue weighted by atomic mass is 79.9. The number of nitrogens with zero attached hydrogens (tertiary/aromatic N) is 2. The summed E-state index contributed by atoms with van der Waals surface area (Å²) in [5.74, 6) is 1.31. The molecule has 0 saturated carbocycles. The highest BCUT2D eigenvalue weighted by molar-refractivity contribution is 9.10. The van der Waals surface area contributed by atoms with Crippen molar-refractivity contribution in [2.24, 2.45) is 7.05 Å². The molecule has 1 N–H and O–H groups in total. The van der Waals surface area contributed by atoms with E-state index in [1.54, 1.807) is 25.3 Å². The van der Waals surface area contributed by atoms with Gasteiger partial charge in [-0.05, 0) is 34.5 Å². The first-order valence-corrected chi connectivity index (χ1v) is 7.50. The molecule has 2 rings (SSSR count). The summed E-state index contributed by atoms with van der Waals surface area (Å²) in [6, 6.07) is 5.37. The monoisotopic (exact) mass is 354 g/mol. The molecular formula is C15H19BrN2O3. The number of rotatable bonds is 6. The van der Waals surface area contributed by atoms with Crippen molar-refractivity contribution in [3.8, 4) is 11.5 Å². The smallest absolute Gasteiger partial charge is 0.131 e. The van der Waals surface area contributed by atoms with Gasteiger partial charge in [-0.15, -0.1) is 0 Å². The number of aliphatic hydroxyl groups is 1. The summed E-state index contributed by atoms with van der Waals surface area (Å²) in [4.78, 5) is 0. The minimum atomic E-state index is -0.0773. The average Bonchev–Trinajstić information content (AvgIpc) is 2.79. The van der Waals surface area contributed by atoms with Crippen LogP contribution >= 0.6 is 15.9 Å². The van der Waals surface area contributed by atoms with Crippen LogP contribution in [0.15, 0.2) is 22.7 Å². The van der Waals surface area contributed by atoms with Crippen molar-refractivity contribution in [1.29, 1.82) is 0 Å². The first kappa shape index (κ1) is 15.9. The molecule has 0 aliphatic heterocycles. The van der Waals surface area contributed by atoms with Crippen molar-refractivity contribution < 1.29 is 14.6 Å². The molecule has 2 aromatic rings. The van der Waals surface area contributed by atoms with Gasteiger partial charge in [-0.1, -0.05) is 6.92 Å². The van der Waals surface area contributed by atoms with Crippen molar-refractivity contribution in [2.75, 3.05) is 7.11 Å². The predicted molar refractivity (Wildman–Crippen MR) is 83.5 cm³/mol. The van der Waals surface area contributed by atoms with Gasteiger partial charge in [-0.3, -0.25) is 4.68 Å². The van der Waals surface area contributed by atoms with Crippen molar-refractivity contribution in [2.45, 2.75) is 26.6 Å². The van der Waals surface area contributed by atoms with E-state index in [1.807, 2.05) is 11.7 Å². The van der Waals surface area contributed by atoms with Crippen molar-refractivity contribution in [1.82, 2.24) is 9.78 Å². The van der Waals surface area contributed by atoms with Crippen LogP contribution in [0.25, 0.3) is 0 Å². The zero-order valence-corrected chi connectivity index (χ0v) is 14.0. The molecule has 0 unspecified atom stereocenters. The lowest BCUT2D eigenvalue weighted by molar-refractivity contribution is 0.254. The third-order valence-corrected chi connectivity index (χ3v) is 4.23. The van der Waals surface area contributed by atoms with Crippen LogP contribution in [0.1, 0.15) is 23.9 Å². The molecule has 0 aliphatic rings. The topological polar surface area (TPSA) is 56.5 Å². The first-order chi connectivity index (χ1) is 10.1. The molecule has 5 nitrogen and oxygen atoms in total. The lowest BCUT2D eigenvalue weighted by atomic mass is 10.2. The quantitative estimate of drug-likeness (QED) is 0.866. The van der Waals surface area contributed by atoms with E-state index in [2.05, 4.69) is 28.0 Å². The molecule has 21 heavy (non-hydrogen) atoms. The molecule has 0 saturated heterocycles. The second-order valence-corrected chi connectivity index (χ2v) is 5.40. The third kappa shape index (κ3) is 3.39. The summed E-state index contributed by atoms with van der Waals surface area (Å²) in [7, 11) is 3.49. The number of aromatic nitrogens is 2. The third-order valence-electron chi connectivity index (χ3n) is 3.31. The molecule has 0 atom stereocenters. The van der Waals surface area contributed by atoms with Crippen LogP contribution in [-0.4, -0.2) is 22.0 Å². The Morgan fingerprint density at radius 1 is 1.38 bits per heavy atom. The van der Waals surface area contributed by atoms with Crippen LogP contribution in [0.4, 0.5) is 0 Å². The van der Waals surface area contributed by atoms with Gasteiger partial charge < -0.3 is 14.6 Å². The maximum absolute atomic E-state index is 9.38. The van der Waals surface area contributed by atoms with Gasteiger partial charge in [0.25, 0.3) is 0 Å². The summed E-state index contributed by atoms with van der Waals surface area (Å²) in [5.41, 5.74) is 2.69. The fourth-order valence-electron chi connectivity index (χ4n) is 2.05. The first-order valence-electron chi connectivity index (χ1n) is 6.71. The number of ether oxygens (including phenoxy) is 2. The van der Waals surface area contributed by atoms with Crippen LogP contribution in [0.2, 0.25) is 0 Å². The lowest BCUT2D eigenvalue weighted by Gasteiger charge is -2.12. The number of benzene rings is 1. The van der Waals surface area contributed by atoms with E-state index in [0.717, 1.165) is 27.8 Å². The summed E-state index contributed by atoms with van der Waals surface area (Å²) >= 11 is 3.56. The maximum Gasteiger partial charge on any atom is 0.131 e. The van der Waals surface area contributed by atoms with E-state index in [9.17, 15) is 5.11 Å². The Labute approximate surface area is 132 Å². The van der Waals surface area contributed by atoms with Crippen LogP contribution < -0.4 is 9.47 Å². The number of aryl methyl sites for hydroxylation is 2. The van der Waals surface area contributed by atoms with E-state index in [-0.39, 0.29) is 6.61 Å². The molecule has 6 heteroatoms. The molecule has 0 aliphatic carbocycles. The largest absolute Gasteiger partial charge is 0.497 e. The number of hydrogen-bond donors (Lipinski definition) is 1. The predicted octanol–water partition coefficient (Wildman–Crippen LogP) is 2.82. The zero-order valence-electron chi connectivity index (χ0n) is 12.4. The van der Waals surface area contributed by atoms with Gasteiger partial charge in [0.1, 0.15) is 18.1 Å². The zero-order chi connectivity index (χ0) is 15.4. The van der Waals surface area contributed by atoms with Gasteiger partial charge in [-0.25, -0.2) is 0 Å². The Morgan fingerprint density at radius 3 is 2.71 bits per heavy atom. The molecule has 114 valence electrons. The summed E-state index contributed by atoms with van der Waals surface area (Å²) in [6.07, 6.45) is 0.857. The van der Waals surface area contributed by atoms with Gasteiger partial charge >= 0.3 is 0 Å². The molecule has 0 spiro atoms. The Morgan fingerprint density at radius 2 is 2.14 bits per heavy atom. The molecule has 1 heterocycles. The van der Waals surface area contributed by atoms with E-state index in [0.29, 0.717) is 18.1 Å². The maximum atomic E-state index is 9.38. The summed E-state index contributed by atoms with van der Waals surface area (Å²) in [5, 5.41) is 13.8. The molecule has 0 amide bonds. The van der Waals surface area contributed by atoms with E-state index >= 15 is 0 Å². The fourth-order valence-corrected chi connectivity index (χ4v) is 2.78. The van der Waals surface area contributed by atoms with Gasteiger partial charge in [0.05, 0.1) is 29.6 Å². The molecule has 0 radical (unpaired) electrons.